The molecule has 1 aliphatic heterocycles. The van der Waals surface area contributed by atoms with E-state index in [0.717, 1.165) is 48.7 Å². The Bertz CT molecular complexity index is 790. The summed E-state index contributed by atoms with van der Waals surface area (Å²) in [6.45, 7) is 2.31. The van der Waals surface area contributed by atoms with E-state index >= 15 is 0 Å². The van der Waals surface area contributed by atoms with E-state index in [2.05, 4.69) is 24.0 Å². The van der Waals surface area contributed by atoms with Crippen LogP contribution in [0.4, 0.5) is 0 Å². The lowest BCUT2D eigenvalue weighted by molar-refractivity contribution is 0.346. The predicted molar refractivity (Wildman–Crippen MR) is 98.6 cm³/mol. The molecule has 0 saturated carbocycles. The van der Waals surface area contributed by atoms with Gasteiger partial charge in [0.2, 0.25) is 10.0 Å². The van der Waals surface area contributed by atoms with E-state index in [1.165, 1.54) is 5.56 Å². The lowest BCUT2D eigenvalue weighted by atomic mass is 10.1. The minimum absolute atomic E-state index is 0.0985. The molecule has 0 amide bonds. The maximum Gasteiger partial charge on any atom is 0.218 e. The van der Waals surface area contributed by atoms with Crippen molar-refractivity contribution in [3.63, 3.8) is 0 Å². The Morgan fingerprint density at radius 1 is 1.17 bits per heavy atom. The number of aromatic nitrogens is 1. The topological polar surface area (TPSA) is 56.4 Å². The number of piperidine rings is 1. The van der Waals surface area contributed by atoms with E-state index in [4.69, 9.17) is 0 Å². The van der Waals surface area contributed by atoms with Crippen LogP contribution in [0.2, 0.25) is 0 Å². The fourth-order valence-corrected chi connectivity index (χ4v) is 4.91. The average molecular weight is 350 g/mol. The van der Waals surface area contributed by atoms with Gasteiger partial charge in [0.1, 0.15) is 0 Å². The molecule has 0 unspecified atom stereocenters. The molecule has 0 spiro atoms. The summed E-state index contributed by atoms with van der Waals surface area (Å²) in [7, 11) is 0.910. The van der Waals surface area contributed by atoms with Crippen molar-refractivity contribution >= 4 is 20.9 Å². The molecule has 0 bridgehead atoms. The summed E-state index contributed by atoms with van der Waals surface area (Å²) >= 11 is 0. The quantitative estimate of drug-likeness (QED) is 0.872. The molecular weight excluding hydrogens is 322 g/mol. The highest BCUT2D eigenvalue weighted by atomic mass is 32.2. The highest BCUT2D eigenvalue weighted by Gasteiger charge is 2.24. The van der Waals surface area contributed by atoms with Gasteiger partial charge < -0.3 is 9.88 Å². The van der Waals surface area contributed by atoms with Gasteiger partial charge in [-0.2, -0.15) is 0 Å². The van der Waals surface area contributed by atoms with Crippen LogP contribution in [-0.2, 0) is 22.2 Å². The maximum absolute atomic E-state index is 12.6. The fourth-order valence-electron chi connectivity index (χ4n) is 3.31. The van der Waals surface area contributed by atoms with Crippen molar-refractivity contribution < 1.29 is 8.42 Å². The van der Waals surface area contributed by atoms with E-state index in [1.807, 2.05) is 24.4 Å². The van der Waals surface area contributed by atoms with Gasteiger partial charge in [0, 0.05) is 36.7 Å². The predicted octanol–water partition coefficient (Wildman–Crippen LogP) is 2.59. The third kappa shape index (κ3) is 3.99. The highest BCUT2D eigenvalue weighted by Crippen LogP contribution is 2.23. The van der Waals surface area contributed by atoms with Crippen molar-refractivity contribution in [2.24, 2.45) is 0 Å². The van der Waals surface area contributed by atoms with Crippen molar-refractivity contribution in [2.75, 3.05) is 33.7 Å². The van der Waals surface area contributed by atoms with Gasteiger partial charge in [-0.05, 0) is 56.6 Å². The van der Waals surface area contributed by atoms with Gasteiger partial charge >= 0.3 is 0 Å². The number of fused-ring (bicyclic) bond motifs is 1. The first-order valence-corrected chi connectivity index (χ1v) is 10.3. The van der Waals surface area contributed by atoms with Crippen molar-refractivity contribution in [3.05, 3.63) is 35.5 Å². The van der Waals surface area contributed by atoms with E-state index in [-0.39, 0.29) is 5.75 Å². The van der Waals surface area contributed by atoms with Crippen LogP contribution in [0.5, 0.6) is 0 Å². The Morgan fingerprint density at radius 2 is 1.92 bits per heavy atom. The summed E-state index contributed by atoms with van der Waals surface area (Å²) < 4.78 is 26.9. The van der Waals surface area contributed by atoms with Crippen molar-refractivity contribution in [2.45, 2.75) is 31.4 Å². The molecule has 1 N–H and O–H groups in total. The number of aromatic amines is 1. The van der Waals surface area contributed by atoms with Gasteiger partial charge in [-0.3, -0.25) is 0 Å². The van der Waals surface area contributed by atoms with Crippen LogP contribution < -0.4 is 0 Å². The molecule has 1 aliphatic rings. The number of sulfonamides is 1. The molecule has 2 aromatic rings. The van der Waals surface area contributed by atoms with E-state index in [1.54, 1.807) is 4.31 Å². The van der Waals surface area contributed by atoms with Gasteiger partial charge in [-0.25, -0.2) is 12.7 Å². The number of nitrogens with one attached hydrogen (secondary N) is 1. The van der Waals surface area contributed by atoms with Gasteiger partial charge in [0.05, 0.1) is 5.75 Å². The van der Waals surface area contributed by atoms with Crippen LogP contribution in [0, 0.1) is 0 Å². The van der Waals surface area contributed by atoms with Gasteiger partial charge in [0.15, 0.2) is 0 Å². The third-order valence-electron chi connectivity index (χ3n) is 4.72. The Morgan fingerprint density at radius 3 is 2.62 bits per heavy atom. The van der Waals surface area contributed by atoms with Crippen molar-refractivity contribution in [1.82, 2.24) is 14.2 Å². The molecule has 2 heterocycles. The van der Waals surface area contributed by atoms with Crippen LogP contribution in [-0.4, -0.2) is 56.3 Å². The molecule has 1 aromatic carbocycles. The monoisotopic (exact) mass is 349 g/mol. The molecule has 132 valence electrons. The second-order valence-corrected chi connectivity index (χ2v) is 8.93. The van der Waals surface area contributed by atoms with Crippen molar-refractivity contribution in [3.8, 4) is 0 Å². The summed E-state index contributed by atoms with van der Waals surface area (Å²) in [5.74, 6) is 0.0985. The zero-order chi connectivity index (χ0) is 17.2. The first-order valence-electron chi connectivity index (χ1n) is 8.67. The smallest absolute Gasteiger partial charge is 0.218 e. The zero-order valence-corrected chi connectivity index (χ0v) is 15.4. The summed E-state index contributed by atoms with van der Waals surface area (Å²) in [4.78, 5) is 5.44. The highest BCUT2D eigenvalue weighted by molar-refractivity contribution is 7.88. The maximum atomic E-state index is 12.6. The molecule has 3 rings (SSSR count). The third-order valence-corrected chi connectivity index (χ3v) is 6.57. The molecule has 1 aromatic heterocycles. The molecule has 1 saturated heterocycles. The first-order chi connectivity index (χ1) is 11.5. The van der Waals surface area contributed by atoms with Crippen LogP contribution in [0.1, 0.15) is 30.4 Å². The fraction of sp³-hybridized carbons (Fsp3) is 0.556. The van der Waals surface area contributed by atoms with E-state index in [0.29, 0.717) is 13.1 Å². The zero-order valence-electron chi connectivity index (χ0n) is 14.6. The number of nitrogens with zero attached hydrogens (tertiary/aromatic N) is 2. The lowest BCUT2D eigenvalue weighted by Crippen LogP contribution is -2.36. The number of rotatable bonds is 6. The van der Waals surface area contributed by atoms with Crippen LogP contribution >= 0.6 is 0 Å². The largest absolute Gasteiger partial charge is 0.361 e. The second-order valence-electron chi connectivity index (χ2n) is 6.96. The number of benzene rings is 1. The first kappa shape index (κ1) is 17.5. The number of likely N-dealkylation sites (N-methyl/N-ethyl adjacent to an activating group) is 1. The normalized spacial score (nSPS) is 17.0. The van der Waals surface area contributed by atoms with Crippen LogP contribution in [0.25, 0.3) is 10.9 Å². The van der Waals surface area contributed by atoms with Gasteiger partial charge in [0.25, 0.3) is 0 Å². The number of hydrogen-bond acceptors (Lipinski definition) is 3. The van der Waals surface area contributed by atoms with Crippen LogP contribution in [0.15, 0.2) is 24.4 Å². The Hall–Kier alpha value is -1.37. The van der Waals surface area contributed by atoms with Crippen LogP contribution in [0.3, 0.4) is 0 Å². The Labute approximate surface area is 144 Å². The SMILES string of the molecule is CN(C)CCc1c[nH]c2ccc(CS(=O)(=O)N3CCCCC3)cc12. The second kappa shape index (κ2) is 7.25. The molecular formula is C18H27N3O2S. The molecule has 5 nitrogen and oxygen atoms in total. The summed E-state index contributed by atoms with van der Waals surface area (Å²) in [5.41, 5.74) is 3.19. The summed E-state index contributed by atoms with van der Waals surface area (Å²) in [6.07, 6.45) is 6.08. The minimum Gasteiger partial charge on any atom is -0.361 e. The Kier molecular flexibility index (Phi) is 5.27. The molecule has 6 heteroatoms. The number of hydrogen-bond donors (Lipinski definition) is 1. The van der Waals surface area contributed by atoms with E-state index in [9.17, 15) is 8.42 Å². The Balaban J connectivity index is 1.80. The van der Waals surface area contributed by atoms with Gasteiger partial charge in [-0.15, -0.1) is 0 Å². The van der Waals surface area contributed by atoms with E-state index < -0.39 is 10.0 Å². The molecule has 1 fully saturated rings. The molecule has 0 atom stereocenters. The minimum atomic E-state index is -3.21. The number of H-pyrrole nitrogens is 1. The standard InChI is InChI=1S/C18H27N3O2S/c1-20(2)11-8-16-13-19-18-7-6-15(12-17(16)18)14-24(22,23)21-9-4-3-5-10-21/h6-7,12-13,19H,3-5,8-11,14H2,1-2H3. The summed E-state index contributed by atoms with van der Waals surface area (Å²) in [5, 5.41) is 1.14. The molecule has 24 heavy (non-hydrogen) atoms. The molecule has 0 radical (unpaired) electrons. The molecule has 0 aliphatic carbocycles. The van der Waals surface area contributed by atoms with Gasteiger partial charge in [-0.1, -0.05) is 12.5 Å². The average Bonchev–Trinajstić information content (AvgIpc) is 2.96. The summed E-state index contributed by atoms with van der Waals surface area (Å²) in [6, 6.07) is 5.96. The lowest BCUT2D eigenvalue weighted by Gasteiger charge is -2.25. The van der Waals surface area contributed by atoms with Crippen molar-refractivity contribution in [1.29, 1.82) is 0 Å².